The summed E-state index contributed by atoms with van der Waals surface area (Å²) in [6.45, 7) is 6.31. The number of nitrogens with zero attached hydrogens (tertiary/aromatic N) is 3. The second-order valence-corrected chi connectivity index (χ2v) is 5.85. The van der Waals surface area contributed by atoms with Crippen molar-refractivity contribution in [1.29, 1.82) is 0 Å². The van der Waals surface area contributed by atoms with Crippen molar-refractivity contribution >= 4 is 17.5 Å². The zero-order valence-electron chi connectivity index (χ0n) is 14.4. The van der Waals surface area contributed by atoms with Crippen LogP contribution in [0.25, 0.3) is 11.3 Å². The first kappa shape index (κ1) is 15.9. The van der Waals surface area contributed by atoms with Gasteiger partial charge in [-0.1, -0.05) is 17.7 Å². The SMILES string of the molecule is CNc1nc(Nc2c(C)cc(C)cc2C)cc(-c2cccnc2)n1. The topological polar surface area (TPSA) is 62.7 Å². The third kappa shape index (κ3) is 3.35. The van der Waals surface area contributed by atoms with E-state index in [-0.39, 0.29) is 0 Å². The molecule has 1 aromatic carbocycles. The van der Waals surface area contributed by atoms with Crippen LogP contribution in [0, 0.1) is 20.8 Å². The van der Waals surface area contributed by atoms with Crippen LogP contribution in [0.3, 0.4) is 0 Å². The van der Waals surface area contributed by atoms with Crippen LogP contribution in [-0.2, 0) is 0 Å². The predicted octanol–water partition coefficient (Wildman–Crippen LogP) is 4.25. The highest BCUT2D eigenvalue weighted by Crippen LogP contribution is 2.27. The van der Waals surface area contributed by atoms with Crippen LogP contribution in [0.15, 0.2) is 42.7 Å². The Morgan fingerprint density at radius 2 is 1.71 bits per heavy atom. The Kier molecular flexibility index (Phi) is 4.42. The minimum atomic E-state index is 0.571. The van der Waals surface area contributed by atoms with Crippen molar-refractivity contribution in [2.45, 2.75) is 20.8 Å². The Morgan fingerprint density at radius 1 is 0.958 bits per heavy atom. The molecule has 0 fully saturated rings. The molecule has 0 aliphatic rings. The maximum absolute atomic E-state index is 4.52. The minimum absolute atomic E-state index is 0.571. The first-order valence-corrected chi connectivity index (χ1v) is 7.89. The Labute approximate surface area is 142 Å². The number of aryl methyl sites for hydroxylation is 3. The Morgan fingerprint density at radius 3 is 2.33 bits per heavy atom. The molecule has 5 nitrogen and oxygen atoms in total. The molecule has 5 heteroatoms. The van der Waals surface area contributed by atoms with Gasteiger partial charge < -0.3 is 10.6 Å². The van der Waals surface area contributed by atoms with Crippen LogP contribution in [0.5, 0.6) is 0 Å². The van der Waals surface area contributed by atoms with Crippen molar-refractivity contribution < 1.29 is 0 Å². The number of pyridine rings is 1. The summed E-state index contributed by atoms with van der Waals surface area (Å²) < 4.78 is 0. The normalized spacial score (nSPS) is 10.5. The molecule has 122 valence electrons. The van der Waals surface area contributed by atoms with E-state index >= 15 is 0 Å². The van der Waals surface area contributed by atoms with E-state index in [0.717, 1.165) is 22.8 Å². The number of rotatable bonds is 4. The molecular weight excluding hydrogens is 298 g/mol. The van der Waals surface area contributed by atoms with Crippen molar-refractivity contribution in [3.05, 3.63) is 59.4 Å². The molecule has 3 aromatic rings. The summed E-state index contributed by atoms with van der Waals surface area (Å²) in [5.41, 5.74) is 6.51. The van der Waals surface area contributed by atoms with Crippen molar-refractivity contribution in [2.24, 2.45) is 0 Å². The molecule has 0 saturated heterocycles. The van der Waals surface area contributed by atoms with Crippen LogP contribution in [0.2, 0.25) is 0 Å². The largest absolute Gasteiger partial charge is 0.357 e. The first-order chi connectivity index (χ1) is 11.6. The molecule has 2 N–H and O–H groups in total. The van der Waals surface area contributed by atoms with E-state index in [2.05, 4.69) is 58.5 Å². The first-order valence-electron chi connectivity index (χ1n) is 7.89. The van der Waals surface area contributed by atoms with Crippen molar-refractivity contribution in [3.63, 3.8) is 0 Å². The molecule has 2 heterocycles. The van der Waals surface area contributed by atoms with Gasteiger partial charge in [0, 0.05) is 36.8 Å². The third-order valence-corrected chi connectivity index (χ3v) is 3.84. The molecule has 0 saturated carbocycles. The fourth-order valence-corrected chi connectivity index (χ4v) is 2.79. The number of hydrogen-bond acceptors (Lipinski definition) is 5. The number of hydrogen-bond donors (Lipinski definition) is 2. The zero-order valence-corrected chi connectivity index (χ0v) is 14.4. The van der Waals surface area contributed by atoms with Gasteiger partial charge in [0.2, 0.25) is 5.95 Å². The van der Waals surface area contributed by atoms with E-state index in [1.165, 1.54) is 16.7 Å². The highest BCUT2D eigenvalue weighted by atomic mass is 15.1. The van der Waals surface area contributed by atoms with Gasteiger partial charge in [-0.2, -0.15) is 4.98 Å². The summed E-state index contributed by atoms with van der Waals surface area (Å²) in [5, 5.41) is 6.46. The minimum Gasteiger partial charge on any atom is -0.357 e. The smallest absolute Gasteiger partial charge is 0.224 e. The van der Waals surface area contributed by atoms with Crippen molar-refractivity contribution in [2.75, 3.05) is 17.7 Å². The van der Waals surface area contributed by atoms with E-state index in [4.69, 9.17) is 0 Å². The second kappa shape index (κ2) is 6.66. The van der Waals surface area contributed by atoms with E-state index in [0.29, 0.717) is 5.95 Å². The lowest BCUT2D eigenvalue weighted by atomic mass is 10.1. The molecule has 0 spiro atoms. The average molecular weight is 319 g/mol. The summed E-state index contributed by atoms with van der Waals surface area (Å²) in [6, 6.07) is 10.2. The quantitative estimate of drug-likeness (QED) is 0.753. The average Bonchev–Trinajstić information content (AvgIpc) is 2.58. The summed E-state index contributed by atoms with van der Waals surface area (Å²) in [7, 11) is 1.81. The maximum atomic E-state index is 4.52. The lowest BCUT2D eigenvalue weighted by Crippen LogP contribution is -2.04. The second-order valence-electron chi connectivity index (χ2n) is 5.85. The highest BCUT2D eigenvalue weighted by Gasteiger charge is 2.09. The van der Waals surface area contributed by atoms with Gasteiger partial charge in [-0.05, 0) is 44.0 Å². The van der Waals surface area contributed by atoms with Gasteiger partial charge in [0.05, 0.1) is 5.69 Å². The zero-order chi connectivity index (χ0) is 17.1. The summed E-state index contributed by atoms with van der Waals surface area (Å²) in [6.07, 6.45) is 3.55. The summed E-state index contributed by atoms with van der Waals surface area (Å²) >= 11 is 0. The molecule has 0 aliphatic heterocycles. The summed E-state index contributed by atoms with van der Waals surface area (Å²) in [4.78, 5) is 13.2. The van der Waals surface area contributed by atoms with Gasteiger partial charge in [0.15, 0.2) is 0 Å². The number of benzene rings is 1. The van der Waals surface area contributed by atoms with Crippen LogP contribution in [-0.4, -0.2) is 22.0 Å². The molecular formula is C19H21N5. The molecule has 0 radical (unpaired) electrons. The van der Waals surface area contributed by atoms with Crippen LogP contribution in [0.1, 0.15) is 16.7 Å². The molecule has 0 amide bonds. The van der Waals surface area contributed by atoms with Gasteiger partial charge >= 0.3 is 0 Å². The fraction of sp³-hybridized carbons (Fsp3) is 0.211. The molecule has 2 aromatic heterocycles. The van der Waals surface area contributed by atoms with E-state index < -0.39 is 0 Å². The number of anilines is 3. The third-order valence-electron chi connectivity index (χ3n) is 3.84. The Bertz CT molecular complexity index is 836. The van der Waals surface area contributed by atoms with Gasteiger partial charge in [0.1, 0.15) is 5.82 Å². The van der Waals surface area contributed by atoms with Crippen LogP contribution in [0.4, 0.5) is 17.5 Å². The summed E-state index contributed by atoms with van der Waals surface area (Å²) in [5.74, 6) is 1.32. The van der Waals surface area contributed by atoms with Gasteiger partial charge in [-0.25, -0.2) is 4.98 Å². The molecule has 0 aliphatic carbocycles. The standard InChI is InChI=1S/C19H21N5/c1-12-8-13(2)18(14(3)9-12)23-17-10-16(22-19(20-4)24-17)15-6-5-7-21-11-15/h5-11H,1-4H3,(H2,20,22,23,24). The monoisotopic (exact) mass is 319 g/mol. The van der Waals surface area contributed by atoms with Gasteiger partial charge in [0.25, 0.3) is 0 Å². The van der Waals surface area contributed by atoms with Crippen molar-refractivity contribution in [3.8, 4) is 11.3 Å². The Hall–Kier alpha value is -2.95. The molecule has 0 atom stereocenters. The number of aromatic nitrogens is 3. The molecule has 0 unspecified atom stereocenters. The predicted molar refractivity (Wildman–Crippen MR) is 98.7 cm³/mol. The van der Waals surface area contributed by atoms with Crippen LogP contribution < -0.4 is 10.6 Å². The van der Waals surface area contributed by atoms with Crippen LogP contribution >= 0.6 is 0 Å². The van der Waals surface area contributed by atoms with Gasteiger partial charge in [-0.15, -0.1) is 0 Å². The Balaban J connectivity index is 2.03. The van der Waals surface area contributed by atoms with E-state index in [1.807, 2.05) is 25.2 Å². The highest BCUT2D eigenvalue weighted by molar-refractivity contribution is 5.70. The molecule has 24 heavy (non-hydrogen) atoms. The van der Waals surface area contributed by atoms with Gasteiger partial charge in [-0.3, -0.25) is 4.98 Å². The van der Waals surface area contributed by atoms with E-state index in [9.17, 15) is 0 Å². The fourth-order valence-electron chi connectivity index (χ4n) is 2.79. The molecule has 3 rings (SSSR count). The van der Waals surface area contributed by atoms with Crippen molar-refractivity contribution in [1.82, 2.24) is 15.0 Å². The molecule has 0 bridgehead atoms. The lowest BCUT2D eigenvalue weighted by molar-refractivity contribution is 1.15. The maximum Gasteiger partial charge on any atom is 0.224 e. The lowest BCUT2D eigenvalue weighted by Gasteiger charge is -2.15. The number of nitrogens with one attached hydrogen (secondary N) is 2. The van der Waals surface area contributed by atoms with E-state index in [1.54, 1.807) is 12.4 Å².